The molecule has 0 saturated heterocycles. The fraction of sp³-hybridized carbons (Fsp3) is 0.474. The highest BCUT2D eigenvalue weighted by Crippen LogP contribution is 2.15. The number of hydrogen-bond donors (Lipinski definition) is 1. The van der Waals surface area contributed by atoms with Gasteiger partial charge < -0.3 is 9.73 Å². The van der Waals surface area contributed by atoms with Crippen molar-refractivity contribution in [2.75, 3.05) is 13.1 Å². The topological polar surface area (TPSA) is 25.2 Å². The molecule has 114 valence electrons. The number of aryl methyl sites for hydroxylation is 1. The zero-order valence-corrected chi connectivity index (χ0v) is 13.4. The van der Waals surface area contributed by atoms with Gasteiger partial charge in [-0.3, -0.25) is 0 Å². The van der Waals surface area contributed by atoms with Crippen LogP contribution in [-0.2, 0) is 12.8 Å². The second-order valence-electron chi connectivity index (χ2n) is 6.44. The van der Waals surface area contributed by atoms with Crippen molar-refractivity contribution >= 4 is 0 Å². The second kappa shape index (κ2) is 8.04. The van der Waals surface area contributed by atoms with E-state index in [4.69, 9.17) is 4.42 Å². The van der Waals surface area contributed by atoms with E-state index >= 15 is 0 Å². The third kappa shape index (κ3) is 5.76. The lowest BCUT2D eigenvalue weighted by Gasteiger charge is -2.18. The summed E-state index contributed by atoms with van der Waals surface area (Å²) >= 11 is 0. The van der Waals surface area contributed by atoms with E-state index in [1.807, 2.05) is 6.26 Å². The monoisotopic (exact) mass is 285 g/mol. The second-order valence-corrected chi connectivity index (χ2v) is 6.44. The third-order valence-electron chi connectivity index (χ3n) is 3.74. The Kier molecular flexibility index (Phi) is 6.06. The van der Waals surface area contributed by atoms with Crippen LogP contribution in [-0.4, -0.2) is 13.1 Å². The standard InChI is InChI=1S/C19H27NO/c1-15(2)12-20-13-19(11-18-8-9-21-14-18)10-17-6-4-16(3)5-7-17/h4-9,14-15,19-20H,10-13H2,1-3H3. The summed E-state index contributed by atoms with van der Waals surface area (Å²) in [6, 6.07) is 11.0. The Morgan fingerprint density at radius 3 is 2.29 bits per heavy atom. The minimum absolute atomic E-state index is 0.601. The Balaban J connectivity index is 1.95. The zero-order valence-electron chi connectivity index (χ0n) is 13.4. The predicted octanol–water partition coefficient (Wildman–Crippen LogP) is 4.24. The van der Waals surface area contributed by atoms with Gasteiger partial charge in [-0.1, -0.05) is 43.7 Å². The molecule has 1 N–H and O–H groups in total. The Morgan fingerprint density at radius 1 is 0.952 bits per heavy atom. The Labute approximate surface area is 128 Å². The van der Waals surface area contributed by atoms with Crippen LogP contribution in [0.15, 0.2) is 47.3 Å². The van der Waals surface area contributed by atoms with E-state index in [-0.39, 0.29) is 0 Å². The molecule has 0 aliphatic carbocycles. The van der Waals surface area contributed by atoms with Crippen molar-refractivity contribution in [2.45, 2.75) is 33.6 Å². The van der Waals surface area contributed by atoms with E-state index in [1.54, 1.807) is 6.26 Å². The van der Waals surface area contributed by atoms with Gasteiger partial charge in [0.05, 0.1) is 12.5 Å². The van der Waals surface area contributed by atoms with E-state index in [0.29, 0.717) is 11.8 Å². The molecule has 0 amide bonds. The molecule has 2 aromatic rings. The van der Waals surface area contributed by atoms with Gasteiger partial charge in [-0.15, -0.1) is 0 Å². The van der Waals surface area contributed by atoms with Crippen molar-refractivity contribution in [3.63, 3.8) is 0 Å². The summed E-state index contributed by atoms with van der Waals surface area (Å²) < 4.78 is 5.20. The number of benzene rings is 1. The van der Waals surface area contributed by atoms with Gasteiger partial charge in [0.25, 0.3) is 0 Å². The lowest BCUT2D eigenvalue weighted by molar-refractivity contribution is 0.443. The van der Waals surface area contributed by atoms with Crippen molar-refractivity contribution < 1.29 is 4.42 Å². The summed E-state index contributed by atoms with van der Waals surface area (Å²) in [7, 11) is 0. The number of nitrogens with one attached hydrogen (secondary N) is 1. The molecule has 2 heteroatoms. The molecule has 0 aliphatic rings. The van der Waals surface area contributed by atoms with Gasteiger partial charge >= 0.3 is 0 Å². The molecular weight excluding hydrogens is 258 g/mol. The molecule has 0 saturated carbocycles. The molecule has 0 radical (unpaired) electrons. The van der Waals surface area contributed by atoms with Crippen molar-refractivity contribution in [1.82, 2.24) is 5.32 Å². The molecule has 21 heavy (non-hydrogen) atoms. The van der Waals surface area contributed by atoms with Crippen LogP contribution in [0.25, 0.3) is 0 Å². The van der Waals surface area contributed by atoms with Crippen LogP contribution < -0.4 is 5.32 Å². The Morgan fingerprint density at radius 2 is 1.67 bits per heavy atom. The quantitative estimate of drug-likeness (QED) is 0.785. The molecule has 0 aliphatic heterocycles. The molecule has 0 fully saturated rings. The fourth-order valence-corrected chi connectivity index (χ4v) is 2.59. The zero-order chi connectivity index (χ0) is 15.1. The first-order valence-corrected chi connectivity index (χ1v) is 7.91. The van der Waals surface area contributed by atoms with Gasteiger partial charge in [0, 0.05) is 0 Å². The molecule has 2 rings (SSSR count). The van der Waals surface area contributed by atoms with Crippen LogP contribution in [0.4, 0.5) is 0 Å². The first-order chi connectivity index (χ1) is 10.1. The number of furan rings is 1. The molecule has 1 atom stereocenters. The summed E-state index contributed by atoms with van der Waals surface area (Å²) in [5, 5.41) is 3.60. The largest absolute Gasteiger partial charge is 0.472 e. The first kappa shape index (κ1) is 15.8. The van der Waals surface area contributed by atoms with Crippen LogP contribution >= 0.6 is 0 Å². The van der Waals surface area contributed by atoms with E-state index < -0.39 is 0 Å². The average molecular weight is 285 g/mol. The Hall–Kier alpha value is -1.54. The molecule has 1 unspecified atom stereocenters. The summed E-state index contributed by atoms with van der Waals surface area (Å²) in [5.41, 5.74) is 4.03. The Bertz CT molecular complexity index is 499. The van der Waals surface area contributed by atoms with E-state index in [1.165, 1.54) is 16.7 Å². The molecule has 0 spiro atoms. The van der Waals surface area contributed by atoms with Crippen LogP contribution in [0.2, 0.25) is 0 Å². The van der Waals surface area contributed by atoms with Crippen LogP contribution in [0, 0.1) is 18.8 Å². The lowest BCUT2D eigenvalue weighted by atomic mass is 9.93. The molecule has 2 nitrogen and oxygen atoms in total. The van der Waals surface area contributed by atoms with Crippen LogP contribution in [0.5, 0.6) is 0 Å². The lowest BCUT2D eigenvalue weighted by Crippen LogP contribution is -2.28. The number of hydrogen-bond acceptors (Lipinski definition) is 2. The van der Waals surface area contributed by atoms with Crippen molar-refractivity contribution in [1.29, 1.82) is 0 Å². The molecule has 1 aromatic heterocycles. The third-order valence-corrected chi connectivity index (χ3v) is 3.74. The van der Waals surface area contributed by atoms with Gasteiger partial charge in [-0.25, -0.2) is 0 Å². The average Bonchev–Trinajstić information content (AvgIpc) is 2.94. The maximum absolute atomic E-state index is 5.20. The van der Waals surface area contributed by atoms with Gasteiger partial charge in [0.1, 0.15) is 0 Å². The van der Waals surface area contributed by atoms with Crippen LogP contribution in [0.1, 0.15) is 30.5 Å². The minimum atomic E-state index is 0.601. The molecule has 1 heterocycles. The predicted molar refractivity (Wildman–Crippen MR) is 88.5 cm³/mol. The van der Waals surface area contributed by atoms with Gasteiger partial charge in [-0.2, -0.15) is 0 Å². The minimum Gasteiger partial charge on any atom is -0.472 e. The fourth-order valence-electron chi connectivity index (χ4n) is 2.59. The highest BCUT2D eigenvalue weighted by atomic mass is 16.3. The maximum Gasteiger partial charge on any atom is 0.0934 e. The molecule has 1 aromatic carbocycles. The van der Waals surface area contributed by atoms with Gasteiger partial charge in [0.15, 0.2) is 0 Å². The van der Waals surface area contributed by atoms with Crippen molar-refractivity contribution in [3.8, 4) is 0 Å². The van der Waals surface area contributed by atoms with Crippen molar-refractivity contribution in [3.05, 3.63) is 59.5 Å². The number of rotatable bonds is 8. The summed E-state index contributed by atoms with van der Waals surface area (Å²) in [4.78, 5) is 0. The van der Waals surface area contributed by atoms with E-state index in [9.17, 15) is 0 Å². The highest BCUT2D eigenvalue weighted by molar-refractivity contribution is 5.22. The highest BCUT2D eigenvalue weighted by Gasteiger charge is 2.12. The van der Waals surface area contributed by atoms with Gasteiger partial charge in [-0.05, 0) is 61.9 Å². The van der Waals surface area contributed by atoms with E-state index in [0.717, 1.165) is 25.9 Å². The normalized spacial score (nSPS) is 12.8. The first-order valence-electron chi connectivity index (χ1n) is 7.91. The van der Waals surface area contributed by atoms with Crippen LogP contribution in [0.3, 0.4) is 0 Å². The van der Waals surface area contributed by atoms with E-state index in [2.05, 4.69) is 56.4 Å². The van der Waals surface area contributed by atoms with Gasteiger partial charge in [0.2, 0.25) is 0 Å². The summed E-state index contributed by atoms with van der Waals surface area (Å²) in [6.07, 6.45) is 5.80. The molecule has 0 bridgehead atoms. The smallest absolute Gasteiger partial charge is 0.0934 e. The molecular formula is C19H27NO. The summed E-state index contributed by atoms with van der Waals surface area (Å²) in [5.74, 6) is 1.29. The summed E-state index contributed by atoms with van der Waals surface area (Å²) in [6.45, 7) is 8.76. The van der Waals surface area contributed by atoms with Crippen molar-refractivity contribution in [2.24, 2.45) is 11.8 Å². The maximum atomic E-state index is 5.20. The SMILES string of the molecule is Cc1ccc(CC(CNCC(C)C)Cc2ccoc2)cc1.